The van der Waals surface area contributed by atoms with Crippen LogP contribution in [0.4, 0.5) is 4.39 Å². The number of aryl methyl sites for hydroxylation is 1. The minimum Gasteiger partial charge on any atom is -0.492 e. The van der Waals surface area contributed by atoms with Crippen LogP contribution in [0.5, 0.6) is 11.5 Å². The van der Waals surface area contributed by atoms with Gasteiger partial charge in [-0.15, -0.1) is 0 Å². The third-order valence-corrected chi connectivity index (χ3v) is 9.25. The highest BCUT2D eigenvalue weighted by molar-refractivity contribution is 5.87. The zero-order valence-electron chi connectivity index (χ0n) is 36.2. The van der Waals surface area contributed by atoms with Gasteiger partial charge in [0.1, 0.15) is 37.6 Å². The summed E-state index contributed by atoms with van der Waals surface area (Å²) in [7, 11) is 2.36. The third kappa shape index (κ3) is 19.9. The SMILES string of the molecule is C=C(C)C(=O)OCCCc1cc(-c2ccc(OCCCCCCCC)c(F)c2)ccc1OCC(COC(=O)CCC(=O)OC)(COC(=O)CCC(=O)OC)COC(=O)C(=C)C. The Hall–Kier alpha value is -5.73. The summed E-state index contributed by atoms with van der Waals surface area (Å²) in [6.45, 7) is 11.0. The van der Waals surface area contributed by atoms with Gasteiger partial charge < -0.3 is 37.9 Å². The van der Waals surface area contributed by atoms with Crippen LogP contribution in [-0.4, -0.2) is 89.7 Å². The molecule has 0 aliphatic carbocycles. The molecule has 0 saturated carbocycles. The summed E-state index contributed by atoms with van der Waals surface area (Å²) in [5.74, 6) is -4.24. The maximum absolute atomic E-state index is 15.3. The van der Waals surface area contributed by atoms with E-state index in [1.807, 2.05) is 0 Å². The lowest BCUT2D eigenvalue weighted by atomic mass is 9.91. The number of carbonyl (C=O) groups is 6. The van der Waals surface area contributed by atoms with E-state index in [-0.39, 0.29) is 55.8 Å². The van der Waals surface area contributed by atoms with E-state index in [1.54, 1.807) is 30.3 Å². The van der Waals surface area contributed by atoms with Gasteiger partial charge >= 0.3 is 35.8 Å². The van der Waals surface area contributed by atoms with Crippen LogP contribution >= 0.6 is 0 Å². The van der Waals surface area contributed by atoms with Crippen molar-refractivity contribution in [2.45, 2.75) is 97.8 Å². The van der Waals surface area contributed by atoms with E-state index in [9.17, 15) is 28.8 Å². The first-order chi connectivity index (χ1) is 29.1. The number of carbonyl (C=O) groups excluding carboxylic acids is 6. The average molecular weight is 857 g/mol. The maximum Gasteiger partial charge on any atom is 0.333 e. The number of halogens is 1. The minimum absolute atomic E-state index is 0.0540. The van der Waals surface area contributed by atoms with Gasteiger partial charge in [0.2, 0.25) is 0 Å². The van der Waals surface area contributed by atoms with Crippen molar-refractivity contribution in [2.75, 3.05) is 53.9 Å². The Kier molecular flexibility index (Phi) is 23.5. The fourth-order valence-electron chi connectivity index (χ4n) is 5.55. The van der Waals surface area contributed by atoms with Gasteiger partial charge in [-0.05, 0) is 74.1 Å². The molecule has 0 fully saturated rings. The van der Waals surface area contributed by atoms with Crippen LogP contribution < -0.4 is 9.47 Å². The van der Waals surface area contributed by atoms with Crippen molar-refractivity contribution < 1.29 is 71.1 Å². The molecule has 0 atom stereocenters. The Morgan fingerprint density at radius 1 is 0.574 bits per heavy atom. The molecule has 336 valence electrons. The van der Waals surface area contributed by atoms with Gasteiger partial charge in [-0.3, -0.25) is 19.2 Å². The summed E-state index contributed by atoms with van der Waals surface area (Å²) in [6, 6.07) is 9.88. The lowest BCUT2D eigenvalue weighted by Crippen LogP contribution is -2.44. The number of unbranched alkanes of at least 4 members (excludes halogenated alkanes) is 5. The Morgan fingerprint density at radius 2 is 1.08 bits per heavy atom. The Morgan fingerprint density at radius 3 is 1.64 bits per heavy atom. The predicted octanol–water partition coefficient (Wildman–Crippen LogP) is 7.76. The zero-order chi connectivity index (χ0) is 45.2. The molecule has 2 aromatic carbocycles. The van der Waals surface area contributed by atoms with Crippen molar-refractivity contribution >= 4 is 35.8 Å². The Bertz CT molecular complexity index is 1770. The van der Waals surface area contributed by atoms with E-state index < -0.39 is 66.9 Å². The van der Waals surface area contributed by atoms with Gasteiger partial charge in [0.05, 0.1) is 53.1 Å². The van der Waals surface area contributed by atoms with Crippen molar-refractivity contribution in [3.63, 3.8) is 0 Å². The number of rotatable bonds is 30. The highest BCUT2D eigenvalue weighted by atomic mass is 19.1. The average Bonchev–Trinajstić information content (AvgIpc) is 3.25. The molecule has 0 unspecified atom stereocenters. The lowest BCUT2D eigenvalue weighted by Gasteiger charge is -2.32. The molecule has 2 aromatic rings. The molecule has 0 heterocycles. The van der Waals surface area contributed by atoms with Crippen LogP contribution in [-0.2, 0) is 63.6 Å². The fourth-order valence-corrected chi connectivity index (χ4v) is 5.55. The molecule has 0 saturated heterocycles. The van der Waals surface area contributed by atoms with Crippen molar-refractivity contribution in [1.82, 2.24) is 0 Å². The van der Waals surface area contributed by atoms with Gasteiger partial charge in [0.25, 0.3) is 0 Å². The molecule has 0 aliphatic rings. The molecule has 0 aromatic heterocycles. The molecule has 0 aliphatic heterocycles. The third-order valence-electron chi connectivity index (χ3n) is 9.25. The molecule has 0 N–H and O–H groups in total. The van der Waals surface area contributed by atoms with Crippen LogP contribution in [0.2, 0.25) is 0 Å². The Balaban J connectivity index is 2.47. The molecule has 15 heteroatoms. The highest BCUT2D eigenvalue weighted by Gasteiger charge is 2.38. The van der Waals surface area contributed by atoms with Crippen molar-refractivity contribution in [3.8, 4) is 22.6 Å². The summed E-state index contributed by atoms with van der Waals surface area (Å²) < 4.78 is 58.5. The molecule has 0 radical (unpaired) electrons. The van der Waals surface area contributed by atoms with Gasteiger partial charge in [0, 0.05) is 11.1 Å². The second kappa shape index (κ2) is 27.9. The van der Waals surface area contributed by atoms with Crippen LogP contribution in [0.15, 0.2) is 60.7 Å². The van der Waals surface area contributed by atoms with E-state index in [4.69, 9.17) is 28.4 Å². The fraction of sp³-hybridized carbons (Fsp3) is 0.522. The number of methoxy groups -OCH3 is 2. The second-order valence-electron chi connectivity index (χ2n) is 14.7. The minimum atomic E-state index is -1.53. The quantitative estimate of drug-likeness (QED) is 0.0322. The largest absolute Gasteiger partial charge is 0.492 e. The zero-order valence-corrected chi connectivity index (χ0v) is 36.2. The standard InChI is InChI=1S/C46H61FO14/c1-8-9-10-11-12-13-24-56-39-19-17-35(27-37(39)47)34-16-18-38(36(26-34)15-14-25-57-44(52)32(2)3)58-28-46(31-61-45(53)33(4)5,29-59-42(50)22-20-40(48)54-6)30-60-43(51)23-21-41(49)55-7/h16-19,26-27H,2,4,8-15,20-25,28-31H2,1,3,5-7H3. The number of ether oxygens (including phenoxy) is 8. The van der Waals surface area contributed by atoms with Crippen molar-refractivity contribution in [3.05, 3.63) is 72.1 Å². The van der Waals surface area contributed by atoms with Crippen LogP contribution in [0.25, 0.3) is 11.1 Å². The molecule has 61 heavy (non-hydrogen) atoms. The second-order valence-corrected chi connectivity index (χ2v) is 14.7. The summed E-state index contributed by atoms with van der Waals surface area (Å²) in [6.07, 6.45) is 5.95. The molecule has 0 spiro atoms. The highest BCUT2D eigenvalue weighted by Crippen LogP contribution is 2.32. The number of hydrogen-bond donors (Lipinski definition) is 0. The maximum atomic E-state index is 15.3. The summed E-state index contributed by atoms with van der Waals surface area (Å²) in [5.41, 5.74) is 0.597. The van der Waals surface area contributed by atoms with E-state index in [2.05, 4.69) is 29.6 Å². The van der Waals surface area contributed by atoms with E-state index in [0.29, 0.717) is 41.9 Å². The Labute approximate surface area is 358 Å². The summed E-state index contributed by atoms with van der Waals surface area (Å²) in [5, 5.41) is 0. The van der Waals surface area contributed by atoms with Gasteiger partial charge in [0.15, 0.2) is 11.6 Å². The molecule has 2 rings (SSSR count). The lowest BCUT2D eigenvalue weighted by molar-refractivity contribution is -0.165. The van der Waals surface area contributed by atoms with Crippen LogP contribution in [0.1, 0.15) is 97.0 Å². The van der Waals surface area contributed by atoms with Gasteiger partial charge in [-0.25, -0.2) is 14.0 Å². The molecule has 0 amide bonds. The van der Waals surface area contributed by atoms with Gasteiger partial charge in [-0.1, -0.05) is 64.3 Å². The number of hydrogen-bond acceptors (Lipinski definition) is 14. The smallest absolute Gasteiger partial charge is 0.333 e. The first-order valence-electron chi connectivity index (χ1n) is 20.4. The number of esters is 6. The molecular formula is C46H61FO14. The molecule has 0 bridgehead atoms. The van der Waals surface area contributed by atoms with Gasteiger partial charge in [-0.2, -0.15) is 0 Å². The molecular weight excluding hydrogens is 795 g/mol. The number of benzene rings is 2. The van der Waals surface area contributed by atoms with Crippen LogP contribution in [0, 0.1) is 11.2 Å². The topological polar surface area (TPSA) is 176 Å². The molecule has 14 nitrogen and oxygen atoms in total. The normalized spacial score (nSPS) is 10.9. The summed E-state index contributed by atoms with van der Waals surface area (Å²) in [4.78, 5) is 73.6. The predicted molar refractivity (Wildman–Crippen MR) is 223 cm³/mol. The van der Waals surface area contributed by atoms with E-state index >= 15 is 4.39 Å². The monoisotopic (exact) mass is 856 g/mol. The summed E-state index contributed by atoms with van der Waals surface area (Å²) >= 11 is 0. The van der Waals surface area contributed by atoms with Crippen LogP contribution in [0.3, 0.4) is 0 Å². The first kappa shape index (κ1) is 51.4. The van der Waals surface area contributed by atoms with Crippen molar-refractivity contribution in [1.29, 1.82) is 0 Å². The first-order valence-corrected chi connectivity index (χ1v) is 20.4. The van der Waals surface area contributed by atoms with E-state index in [1.165, 1.54) is 47.0 Å². The van der Waals surface area contributed by atoms with E-state index in [0.717, 1.165) is 25.7 Å². The van der Waals surface area contributed by atoms with Crippen molar-refractivity contribution in [2.24, 2.45) is 5.41 Å².